The van der Waals surface area contributed by atoms with Crippen LogP contribution in [0.1, 0.15) is 0 Å². The smallest absolute Gasteiger partial charge is 0.272 e. The van der Waals surface area contributed by atoms with E-state index in [0.717, 1.165) is 11.3 Å². The monoisotopic (exact) mass is 476 g/mol. The Morgan fingerprint density at radius 2 is 1.61 bits per heavy atom. The van der Waals surface area contributed by atoms with E-state index in [1.807, 2.05) is 6.07 Å². The van der Waals surface area contributed by atoms with Crippen molar-refractivity contribution in [1.82, 2.24) is 9.97 Å². The van der Waals surface area contributed by atoms with Crippen molar-refractivity contribution < 1.29 is 17.9 Å². The van der Waals surface area contributed by atoms with Crippen LogP contribution in [-0.4, -0.2) is 32.6 Å². The first-order chi connectivity index (χ1) is 14.9. The van der Waals surface area contributed by atoms with Gasteiger partial charge in [0, 0.05) is 6.07 Å². The Morgan fingerprint density at radius 3 is 2.23 bits per heavy atom. The van der Waals surface area contributed by atoms with Crippen molar-refractivity contribution in [2.24, 2.45) is 0 Å². The lowest BCUT2D eigenvalue weighted by Crippen LogP contribution is -2.15. The van der Waals surface area contributed by atoms with Gasteiger partial charge in [-0.05, 0) is 29.6 Å². The predicted octanol–water partition coefficient (Wildman–Crippen LogP) is 4.91. The second-order valence-electron chi connectivity index (χ2n) is 6.26. The molecule has 31 heavy (non-hydrogen) atoms. The van der Waals surface area contributed by atoms with Crippen LogP contribution < -0.4 is 19.5 Å². The summed E-state index contributed by atoms with van der Waals surface area (Å²) in [5.74, 6) is 1.11. The highest BCUT2D eigenvalue weighted by Crippen LogP contribution is 2.38. The highest BCUT2D eigenvalue weighted by Gasteiger charge is 2.21. The lowest BCUT2D eigenvalue weighted by atomic mass is 10.2. The highest BCUT2D eigenvalue weighted by molar-refractivity contribution is 7.94. The number of benzene rings is 2. The summed E-state index contributed by atoms with van der Waals surface area (Å²) < 4.78 is 38.9. The molecule has 0 aliphatic carbocycles. The third-order valence-corrected chi connectivity index (χ3v) is 7.32. The summed E-state index contributed by atoms with van der Waals surface area (Å²) in [5.41, 5.74) is 1.59. The van der Waals surface area contributed by atoms with Gasteiger partial charge in [-0.3, -0.25) is 4.72 Å². The van der Waals surface area contributed by atoms with Crippen molar-refractivity contribution >= 4 is 61.3 Å². The van der Waals surface area contributed by atoms with Crippen LogP contribution >= 0.6 is 22.9 Å². The number of hydrogen-bond acceptors (Lipinski definition) is 8. The van der Waals surface area contributed by atoms with Gasteiger partial charge in [0.25, 0.3) is 10.0 Å². The molecule has 0 radical (unpaired) electrons. The van der Waals surface area contributed by atoms with Crippen LogP contribution in [0.3, 0.4) is 0 Å². The third kappa shape index (κ3) is 4.36. The molecule has 11 heteroatoms. The summed E-state index contributed by atoms with van der Waals surface area (Å²) in [6, 6.07) is 13.6. The number of ether oxygens (including phenoxy) is 2. The zero-order valence-corrected chi connectivity index (χ0v) is 18.8. The average Bonchev–Trinajstić information content (AvgIpc) is 3.30. The van der Waals surface area contributed by atoms with E-state index in [9.17, 15) is 8.42 Å². The molecule has 0 aliphatic rings. The van der Waals surface area contributed by atoms with Crippen LogP contribution in [0.15, 0.2) is 58.1 Å². The normalized spacial score (nSPS) is 11.3. The Morgan fingerprint density at radius 1 is 0.935 bits per heavy atom. The van der Waals surface area contributed by atoms with Gasteiger partial charge in [0.2, 0.25) is 0 Å². The van der Waals surface area contributed by atoms with Crippen LogP contribution in [0.25, 0.3) is 11.0 Å². The van der Waals surface area contributed by atoms with Crippen molar-refractivity contribution in [2.75, 3.05) is 24.3 Å². The number of halogens is 1. The molecule has 2 aromatic carbocycles. The first kappa shape index (κ1) is 21.2. The molecule has 0 bridgehead atoms. The molecule has 4 rings (SSSR count). The first-order valence-electron chi connectivity index (χ1n) is 8.93. The molecule has 0 unspecified atom stereocenters. The molecule has 2 heterocycles. The van der Waals surface area contributed by atoms with E-state index in [0.29, 0.717) is 33.2 Å². The standard InChI is InChI=1S/C20H17ClN4O4S2/c1-28-16-11-17(29-2)15(10-12(16)21)24-19-20(23-14-7-4-3-6-13(14)22-19)25-31(26,27)18-8-5-9-30-18/h3-11H,1-2H3,(H,22,24)(H,23,25). The summed E-state index contributed by atoms with van der Waals surface area (Å²) in [6.45, 7) is 0. The summed E-state index contributed by atoms with van der Waals surface area (Å²) in [7, 11) is -0.839. The van der Waals surface area contributed by atoms with Gasteiger partial charge in [0.1, 0.15) is 15.7 Å². The van der Waals surface area contributed by atoms with Gasteiger partial charge >= 0.3 is 0 Å². The Balaban J connectivity index is 1.82. The molecule has 0 atom stereocenters. The average molecular weight is 477 g/mol. The summed E-state index contributed by atoms with van der Waals surface area (Å²) in [5, 5.41) is 5.11. The van der Waals surface area contributed by atoms with Crippen LogP contribution in [0.4, 0.5) is 17.3 Å². The number of sulfonamides is 1. The van der Waals surface area contributed by atoms with Gasteiger partial charge in [-0.15, -0.1) is 11.3 Å². The van der Waals surface area contributed by atoms with E-state index in [1.165, 1.54) is 20.3 Å². The lowest BCUT2D eigenvalue weighted by molar-refractivity contribution is 0.396. The number of anilines is 3. The fourth-order valence-corrected chi connectivity index (χ4v) is 5.08. The fraction of sp³-hybridized carbons (Fsp3) is 0.100. The Bertz CT molecular complexity index is 1350. The number of para-hydroxylation sites is 2. The highest BCUT2D eigenvalue weighted by atomic mass is 35.5. The number of rotatable bonds is 7. The molecule has 2 aromatic heterocycles. The maximum Gasteiger partial charge on any atom is 0.272 e. The molecule has 0 aliphatic heterocycles. The number of methoxy groups -OCH3 is 2. The number of aromatic nitrogens is 2. The Kier molecular flexibility index (Phi) is 5.86. The summed E-state index contributed by atoms with van der Waals surface area (Å²) in [6.07, 6.45) is 0. The van der Waals surface area contributed by atoms with Crippen molar-refractivity contribution in [2.45, 2.75) is 4.21 Å². The topological polar surface area (TPSA) is 102 Å². The lowest BCUT2D eigenvalue weighted by Gasteiger charge is -2.16. The Labute approximate surface area is 187 Å². The first-order valence-corrected chi connectivity index (χ1v) is 11.7. The molecule has 0 spiro atoms. The molecule has 8 nitrogen and oxygen atoms in total. The maximum atomic E-state index is 12.8. The van der Waals surface area contributed by atoms with E-state index in [-0.39, 0.29) is 15.8 Å². The minimum absolute atomic E-state index is 0.0427. The second kappa shape index (κ2) is 8.58. The van der Waals surface area contributed by atoms with Crippen molar-refractivity contribution in [3.05, 3.63) is 58.9 Å². The van der Waals surface area contributed by atoms with Gasteiger partial charge < -0.3 is 14.8 Å². The third-order valence-electron chi connectivity index (χ3n) is 4.29. The van der Waals surface area contributed by atoms with Gasteiger partial charge in [-0.1, -0.05) is 29.8 Å². The van der Waals surface area contributed by atoms with Crippen LogP contribution in [0.2, 0.25) is 5.02 Å². The molecular formula is C20H17ClN4O4S2. The fourth-order valence-electron chi connectivity index (χ4n) is 2.84. The number of fused-ring (bicyclic) bond motifs is 1. The van der Waals surface area contributed by atoms with Crippen molar-refractivity contribution in [1.29, 1.82) is 0 Å². The predicted molar refractivity (Wildman–Crippen MR) is 123 cm³/mol. The van der Waals surface area contributed by atoms with Crippen LogP contribution in [0, 0.1) is 0 Å². The van der Waals surface area contributed by atoms with Gasteiger partial charge in [0.15, 0.2) is 11.6 Å². The number of nitrogens with zero attached hydrogens (tertiary/aromatic N) is 2. The molecule has 0 saturated carbocycles. The van der Waals surface area contributed by atoms with Gasteiger partial charge in [-0.2, -0.15) is 0 Å². The number of nitrogens with one attached hydrogen (secondary N) is 2. The number of thiophene rings is 1. The Hall–Kier alpha value is -3.08. The molecular weight excluding hydrogens is 460 g/mol. The molecule has 0 saturated heterocycles. The second-order valence-corrected chi connectivity index (χ2v) is 9.52. The van der Waals surface area contributed by atoms with E-state index >= 15 is 0 Å². The van der Waals surface area contributed by atoms with Crippen LogP contribution in [0.5, 0.6) is 11.5 Å². The molecule has 0 amide bonds. The molecule has 4 aromatic rings. The van der Waals surface area contributed by atoms with E-state index < -0.39 is 10.0 Å². The minimum Gasteiger partial charge on any atom is -0.495 e. The van der Waals surface area contributed by atoms with Gasteiger partial charge in [-0.25, -0.2) is 18.4 Å². The largest absolute Gasteiger partial charge is 0.495 e. The molecule has 160 valence electrons. The van der Waals surface area contributed by atoms with E-state index in [4.69, 9.17) is 21.1 Å². The van der Waals surface area contributed by atoms with Crippen LogP contribution in [-0.2, 0) is 10.0 Å². The SMILES string of the molecule is COc1cc(OC)c(Nc2nc3ccccc3nc2NS(=O)(=O)c2cccs2)cc1Cl. The van der Waals surface area contributed by atoms with Crippen molar-refractivity contribution in [3.63, 3.8) is 0 Å². The summed E-state index contributed by atoms with van der Waals surface area (Å²) in [4.78, 5) is 9.03. The maximum absolute atomic E-state index is 12.8. The van der Waals surface area contributed by atoms with Gasteiger partial charge in [0.05, 0.1) is 36.0 Å². The molecule has 0 fully saturated rings. The zero-order valence-electron chi connectivity index (χ0n) is 16.4. The minimum atomic E-state index is -3.84. The van der Waals surface area contributed by atoms with Crippen molar-refractivity contribution in [3.8, 4) is 11.5 Å². The quantitative estimate of drug-likeness (QED) is 0.390. The van der Waals surface area contributed by atoms with E-state index in [2.05, 4.69) is 20.0 Å². The molecule has 2 N–H and O–H groups in total. The summed E-state index contributed by atoms with van der Waals surface area (Å²) >= 11 is 7.37. The van der Waals surface area contributed by atoms with E-state index in [1.54, 1.807) is 41.8 Å². The number of hydrogen-bond donors (Lipinski definition) is 2. The zero-order chi connectivity index (χ0) is 22.0.